The number of nitrogen functional groups attached to an aromatic ring is 1. The molecule has 0 saturated carbocycles. The van der Waals surface area contributed by atoms with Gasteiger partial charge in [0.2, 0.25) is 0 Å². The number of hydrogen-bond donors (Lipinski definition) is 5. The molecule has 0 spiro atoms. The Balaban J connectivity index is 1.84. The first-order chi connectivity index (χ1) is 11.0. The summed E-state index contributed by atoms with van der Waals surface area (Å²) in [5.74, 6) is 0.256. The molecule has 0 amide bonds. The highest BCUT2D eigenvalue weighted by Gasteiger charge is 2.45. The number of fused-ring (bicyclic) bond motifs is 1. The van der Waals surface area contributed by atoms with Crippen LogP contribution in [0.5, 0.6) is 0 Å². The number of ether oxygens (including phenoxy) is 1. The quantitative estimate of drug-likeness (QED) is 0.382. The second-order valence-corrected chi connectivity index (χ2v) is 5.87. The van der Waals surface area contributed by atoms with Crippen molar-refractivity contribution < 1.29 is 26.4 Å². The first-order valence-corrected chi connectivity index (χ1v) is 7.59. The minimum atomic E-state index is -1.08. The molecule has 2 aromatic heterocycles. The van der Waals surface area contributed by atoms with Crippen molar-refractivity contribution in [3.63, 3.8) is 0 Å². The molecular weight excluding hydrogens is 302 g/mol. The van der Waals surface area contributed by atoms with Crippen molar-refractivity contribution >= 4 is 17.0 Å². The van der Waals surface area contributed by atoms with E-state index in [-0.39, 0.29) is 11.9 Å². The third-order valence-electron chi connectivity index (χ3n) is 4.18. The molecule has 2 aromatic rings. The Morgan fingerprint density at radius 2 is 2.09 bits per heavy atom. The molecule has 5 atom stereocenters. The van der Waals surface area contributed by atoms with Gasteiger partial charge in [-0.05, 0) is 0 Å². The number of aromatic nitrogens is 4. The van der Waals surface area contributed by atoms with Crippen LogP contribution in [0.25, 0.3) is 11.2 Å². The smallest absolute Gasteiger partial charge is 0.167 e. The largest absolute Gasteiger partial charge is 0.388 e. The van der Waals surface area contributed by atoms with Crippen LogP contribution >= 0.6 is 0 Å². The molecule has 0 radical (unpaired) electrons. The van der Waals surface area contributed by atoms with Gasteiger partial charge in [-0.25, -0.2) is 15.0 Å². The number of aliphatic hydroxyl groups excluding tert-OH is 2. The Morgan fingerprint density at radius 1 is 1.30 bits per heavy atom. The third kappa shape index (κ3) is 2.86. The number of nitrogens with zero attached hydrogens (tertiary/aromatic N) is 4. The van der Waals surface area contributed by atoms with Crippen LogP contribution in [-0.4, -0.2) is 60.6 Å². The molecule has 1 aliphatic heterocycles. The molecule has 0 bridgehead atoms. The van der Waals surface area contributed by atoms with E-state index in [9.17, 15) is 10.2 Å². The molecule has 1 unspecified atom stereocenters. The summed E-state index contributed by atoms with van der Waals surface area (Å²) >= 11 is 0. The fourth-order valence-electron chi connectivity index (χ4n) is 2.95. The summed E-state index contributed by atoms with van der Waals surface area (Å²) in [6, 6.07) is 0.107. The van der Waals surface area contributed by atoms with Gasteiger partial charge >= 0.3 is 0 Å². The van der Waals surface area contributed by atoms with E-state index in [0.717, 1.165) is 13.0 Å². The van der Waals surface area contributed by atoms with Crippen LogP contribution in [0.1, 0.15) is 19.1 Å². The average molecular weight is 325 g/mol. The first-order valence-electron chi connectivity index (χ1n) is 7.59. The van der Waals surface area contributed by atoms with E-state index >= 15 is 0 Å². The molecule has 10 nitrogen and oxygen atoms in total. The van der Waals surface area contributed by atoms with Crippen LogP contribution in [0.2, 0.25) is 0 Å². The third-order valence-corrected chi connectivity index (χ3v) is 4.18. The van der Waals surface area contributed by atoms with Crippen molar-refractivity contribution in [1.82, 2.24) is 19.5 Å². The molecule has 0 aliphatic carbocycles. The maximum atomic E-state index is 10.3. The van der Waals surface area contributed by atoms with Crippen LogP contribution in [0.15, 0.2) is 12.7 Å². The zero-order valence-electron chi connectivity index (χ0n) is 12.7. The van der Waals surface area contributed by atoms with E-state index in [4.69, 9.17) is 10.5 Å². The van der Waals surface area contributed by atoms with E-state index < -0.39 is 24.5 Å². The van der Waals surface area contributed by atoms with Crippen LogP contribution < -0.4 is 17.2 Å². The van der Waals surface area contributed by atoms with Gasteiger partial charge < -0.3 is 32.2 Å². The summed E-state index contributed by atoms with van der Waals surface area (Å²) in [5, 5.41) is 20.6. The van der Waals surface area contributed by atoms with Crippen molar-refractivity contribution in [2.45, 2.75) is 43.4 Å². The fraction of sp³-hybridized carbons (Fsp3) is 0.615. The van der Waals surface area contributed by atoms with Crippen LogP contribution in [-0.2, 0) is 4.74 Å². The lowest BCUT2D eigenvalue weighted by molar-refractivity contribution is -0.446. The lowest BCUT2D eigenvalue weighted by Crippen LogP contribution is -2.65. The Morgan fingerprint density at radius 3 is 2.83 bits per heavy atom. The zero-order chi connectivity index (χ0) is 16.6. The van der Waals surface area contributed by atoms with Crippen LogP contribution in [0.3, 0.4) is 0 Å². The second-order valence-electron chi connectivity index (χ2n) is 5.87. The Bertz CT molecular complexity index is 679. The molecule has 0 aromatic carbocycles. The van der Waals surface area contributed by atoms with Gasteiger partial charge in [0.1, 0.15) is 24.1 Å². The summed E-state index contributed by atoms with van der Waals surface area (Å²) in [5.41, 5.74) is 14.5. The average Bonchev–Trinajstić information content (AvgIpc) is 3.05. The highest BCUT2D eigenvalue weighted by Crippen LogP contribution is 2.33. The lowest BCUT2D eigenvalue weighted by Gasteiger charge is -2.17. The number of aliphatic hydroxyl groups is 2. The summed E-state index contributed by atoms with van der Waals surface area (Å²) in [6.45, 7) is 0.769. The van der Waals surface area contributed by atoms with Crippen molar-refractivity contribution in [3.05, 3.63) is 12.7 Å². The highest BCUT2D eigenvalue weighted by atomic mass is 16.6. The topological polar surface area (TPSA) is 175 Å². The number of rotatable bonds is 5. The van der Waals surface area contributed by atoms with E-state index in [1.165, 1.54) is 12.7 Å². The minimum absolute atomic E-state index is 0.107. The summed E-state index contributed by atoms with van der Waals surface area (Å²) in [7, 11) is 0. The van der Waals surface area contributed by atoms with Gasteiger partial charge in [0, 0.05) is 12.8 Å². The van der Waals surface area contributed by atoms with Crippen LogP contribution in [0.4, 0.5) is 5.82 Å². The maximum Gasteiger partial charge on any atom is 0.167 e. The summed E-state index contributed by atoms with van der Waals surface area (Å²) in [6.07, 6.45) is 0.842. The number of nitrogens with two attached hydrogens (primary N) is 1. The van der Waals surface area contributed by atoms with Gasteiger partial charge in [0.05, 0.1) is 25.0 Å². The monoisotopic (exact) mass is 325 g/mol. The van der Waals surface area contributed by atoms with Gasteiger partial charge in [-0.3, -0.25) is 4.57 Å². The van der Waals surface area contributed by atoms with Crippen molar-refractivity contribution in [1.29, 1.82) is 0 Å². The van der Waals surface area contributed by atoms with Gasteiger partial charge in [0.25, 0.3) is 0 Å². The van der Waals surface area contributed by atoms with E-state index in [1.54, 1.807) is 4.57 Å². The van der Waals surface area contributed by atoms with Gasteiger partial charge in [-0.1, -0.05) is 0 Å². The summed E-state index contributed by atoms with van der Waals surface area (Å²) in [4.78, 5) is 12.2. The SMILES string of the molecule is Nc1ncnc2c1ncn2[C@@H]1O[C@H](CC([NH3+])CC[NH3+])[C@@H](O)[C@H]1O. The molecular formula is C13H23N7O3+2. The van der Waals surface area contributed by atoms with Crippen LogP contribution in [0, 0.1) is 0 Å². The number of anilines is 1. The highest BCUT2D eigenvalue weighted by molar-refractivity contribution is 5.81. The van der Waals surface area contributed by atoms with E-state index in [2.05, 4.69) is 26.4 Å². The van der Waals surface area contributed by atoms with Crippen molar-refractivity contribution in [2.24, 2.45) is 0 Å². The molecule has 3 heterocycles. The number of hydrogen-bond acceptors (Lipinski definition) is 7. The molecule has 10 N–H and O–H groups in total. The molecule has 3 rings (SSSR count). The normalized spacial score (nSPS) is 29.2. The van der Waals surface area contributed by atoms with Gasteiger partial charge in [-0.2, -0.15) is 0 Å². The predicted molar refractivity (Wildman–Crippen MR) is 79.3 cm³/mol. The molecule has 126 valence electrons. The van der Waals surface area contributed by atoms with E-state index in [1.807, 2.05) is 0 Å². The maximum absolute atomic E-state index is 10.3. The van der Waals surface area contributed by atoms with Gasteiger partial charge in [-0.15, -0.1) is 0 Å². The lowest BCUT2D eigenvalue weighted by atomic mass is 10.0. The fourth-order valence-corrected chi connectivity index (χ4v) is 2.95. The number of imidazole rings is 1. The number of quaternary nitrogens is 2. The molecule has 10 heteroatoms. The summed E-state index contributed by atoms with van der Waals surface area (Å²) < 4.78 is 7.43. The minimum Gasteiger partial charge on any atom is -0.388 e. The standard InChI is InChI=1S/C13H21N7O3/c14-2-1-6(15)3-7-9(21)10(22)13(23-7)20-5-19-8-11(16)17-4-18-12(8)20/h4-7,9-10,13,21-22H,1-3,14-15H2,(H2,16,17,18)/p+2/t6?,7-,9-,10-,13-/m1/s1. The first kappa shape index (κ1) is 16.0. The molecule has 1 aliphatic rings. The zero-order valence-corrected chi connectivity index (χ0v) is 12.7. The Labute approximate surface area is 132 Å². The molecule has 1 fully saturated rings. The van der Waals surface area contributed by atoms with E-state index in [0.29, 0.717) is 17.6 Å². The van der Waals surface area contributed by atoms with Crippen molar-refractivity contribution in [2.75, 3.05) is 12.3 Å². The van der Waals surface area contributed by atoms with Crippen molar-refractivity contribution in [3.8, 4) is 0 Å². The molecule has 1 saturated heterocycles. The predicted octanol–water partition coefficient (Wildman–Crippen LogP) is -3.34. The van der Waals surface area contributed by atoms with Gasteiger partial charge in [0.15, 0.2) is 17.7 Å². The molecule has 23 heavy (non-hydrogen) atoms. The Hall–Kier alpha value is -1.85. The second kappa shape index (κ2) is 6.34. The Kier molecular flexibility index (Phi) is 4.41.